The summed E-state index contributed by atoms with van der Waals surface area (Å²) < 4.78 is 0. The molecule has 2 atom stereocenters. The van der Waals surface area contributed by atoms with Crippen LogP contribution in [0.1, 0.15) is 33.3 Å². The van der Waals surface area contributed by atoms with Crippen molar-refractivity contribution in [1.29, 1.82) is 0 Å². The predicted octanol–water partition coefficient (Wildman–Crippen LogP) is 2.67. The number of carboxylic acids is 1. The third-order valence-electron chi connectivity index (χ3n) is 4.03. The summed E-state index contributed by atoms with van der Waals surface area (Å²) in [6.07, 6.45) is 0. The average Bonchev–Trinajstić information content (AvgIpc) is 2.45. The van der Waals surface area contributed by atoms with E-state index in [2.05, 4.69) is 5.32 Å². The summed E-state index contributed by atoms with van der Waals surface area (Å²) >= 11 is 0. The van der Waals surface area contributed by atoms with Gasteiger partial charge in [-0.1, -0.05) is 44.2 Å². The maximum absolute atomic E-state index is 12.3. The van der Waals surface area contributed by atoms with Crippen LogP contribution >= 0.6 is 0 Å². The molecule has 0 saturated carbocycles. The van der Waals surface area contributed by atoms with Crippen molar-refractivity contribution < 1.29 is 14.7 Å². The Morgan fingerprint density at radius 3 is 2.14 bits per heavy atom. The van der Waals surface area contributed by atoms with Gasteiger partial charge < -0.3 is 15.3 Å². The third kappa shape index (κ3) is 3.74. The maximum atomic E-state index is 12.3. The minimum Gasteiger partial charge on any atom is -0.479 e. The molecule has 0 spiro atoms. The van der Waals surface area contributed by atoms with Crippen LogP contribution in [0.5, 0.6) is 0 Å². The second-order valence-electron chi connectivity index (χ2n) is 5.82. The van der Waals surface area contributed by atoms with Crippen molar-refractivity contribution in [2.45, 2.75) is 39.3 Å². The quantitative estimate of drug-likeness (QED) is 0.876. The highest BCUT2D eigenvalue weighted by molar-refractivity contribution is 5.87. The van der Waals surface area contributed by atoms with Crippen LogP contribution in [0.15, 0.2) is 30.3 Å². The lowest BCUT2D eigenvalue weighted by Gasteiger charge is -2.33. The Bertz CT molecular complexity index is 502. The smallest absolute Gasteiger partial charge is 0.333 e. The number of hydrogen-bond acceptors (Lipinski definition) is 2. The van der Waals surface area contributed by atoms with Crippen LogP contribution < -0.4 is 5.32 Å². The Morgan fingerprint density at radius 1 is 1.19 bits per heavy atom. The number of carboxylic acid groups (broad SMARTS) is 1. The standard InChI is InChI=1S/C16H24N2O3/c1-11(2)12(3)18(5)15(21)17-16(4,14(19)20)13-9-7-6-8-10-13/h6-12H,1-5H3,(H,17,21)(H,19,20). The molecule has 5 nitrogen and oxygen atoms in total. The van der Waals surface area contributed by atoms with Gasteiger partial charge in [-0.3, -0.25) is 0 Å². The first-order valence-corrected chi connectivity index (χ1v) is 7.04. The SMILES string of the molecule is CC(C)C(C)N(C)C(=O)NC(C)(C(=O)O)c1ccccc1. The first-order valence-electron chi connectivity index (χ1n) is 7.04. The first-order chi connectivity index (χ1) is 9.70. The predicted molar refractivity (Wildman–Crippen MR) is 82.0 cm³/mol. The lowest BCUT2D eigenvalue weighted by molar-refractivity contribution is -0.144. The number of nitrogens with zero attached hydrogens (tertiary/aromatic N) is 1. The van der Waals surface area contributed by atoms with Gasteiger partial charge >= 0.3 is 12.0 Å². The normalized spacial score (nSPS) is 15.1. The van der Waals surface area contributed by atoms with E-state index in [0.717, 1.165) is 0 Å². The molecule has 0 heterocycles. The number of rotatable bonds is 5. The van der Waals surface area contributed by atoms with E-state index in [4.69, 9.17) is 0 Å². The van der Waals surface area contributed by atoms with Crippen molar-refractivity contribution in [1.82, 2.24) is 10.2 Å². The van der Waals surface area contributed by atoms with Crippen LogP contribution in [0.4, 0.5) is 4.79 Å². The molecule has 2 unspecified atom stereocenters. The van der Waals surface area contributed by atoms with Gasteiger partial charge in [0.2, 0.25) is 0 Å². The number of benzene rings is 1. The van der Waals surface area contributed by atoms with Crippen LogP contribution in [-0.4, -0.2) is 35.1 Å². The Hall–Kier alpha value is -2.04. The lowest BCUT2D eigenvalue weighted by atomic mass is 9.92. The van der Waals surface area contributed by atoms with Crippen molar-refractivity contribution in [2.24, 2.45) is 5.92 Å². The van der Waals surface area contributed by atoms with E-state index in [-0.39, 0.29) is 12.0 Å². The molecule has 0 aliphatic carbocycles. The molecule has 2 amide bonds. The molecule has 0 fully saturated rings. The highest BCUT2D eigenvalue weighted by atomic mass is 16.4. The molecule has 2 N–H and O–H groups in total. The van der Waals surface area contributed by atoms with Gasteiger partial charge in [0.25, 0.3) is 0 Å². The number of nitrogens with one attached hydrogen (secondary N) is 1. The number of urea groups is 1. The highest BCUT2D eigenvalue weighted by Crippen LogP contribution is 2.21. The van der Waals surface area contributed by atoms with Gasteiger partial charge in [0.1, 0.15) is 0 Å². The van der Waals surface area contributed by atoms with Gasteiger partial charge in [-0.15, -0.1) is 0 Å². The van der Waals surface area contributed by atoms with Crippen molar-refractivity contribution in [3.8, 4) is 0 Å². The van der Waals surface area contributed by atoms with Crippen LogP contribution in [0.25, 0.3) is 0 Å². The van der Waals surface area contributed by atoms with E-state index < -0.39 is 17.5 Å². The molecule has 1 aromatic rings. The molecule has 1 aromatic carbocycles. The molecule has 0 bridgehead atoms. The van der Waals surface area contributed by atoms with Crippen molar-refractivity contribution >= 4 is 12.0 Å². The molecular formula is C16H24N2O3. The van der Waals surface area contributed by atoms with E-state index in [1.807, 2.05) is 20.8 Å². The fourth-order valence-electron chi connectivity index (χ4n) is 1.95. The number of aliphatic carboxylic acids is 1. The molecule has 0 aliphatic rings. The van der Waals surface area contributed by atoms with Gasteiger partial charge in [-0.2, -0.15) is 0 Å². The van der Waals surface area contributed by atoms with Crippen LogP contribution in [0, 0.1) is 5.92 Å². The Balaban J connectivity index is 3.00. The van der Waals surface area contributed by atoms with E-state index in [1.54, 1.807) is 37.4 Å². The summed E-state index contributed by atoms with van der Waals surface area (Å²) in [5.74, 6) is -0.804. The van der Waals surface area contributed by atoms with Crippen molar-refractivity contribution in [2.75, 3.05) is 7.05 Å². The fraction of sp³-hybridized carbons (Fsp3) is 0.500. The molecule has 5 heteroatoms. The fourth-order valence-corrected chi connectivity index (χ4v) is 1.95. The number of hydrogen-bond donors (Lipinski definition) is 2. The van der Waals surface area contributed by atoms with E-state index in [1.165, 1.54) is 11.8 Å². The summed E-state index contributed by atoms with van der Waals surface area (Å²) in [4.78, 5) is 25.5. The molecule has 1 rings (SSSR count). The minimum absolute atomic E-state index is 0.0128. The monoisotopic (exact) mass is 292 g/mol. The molecular weight excluding hydrogens is 268 g/mol. The molecule has 0 saturated heterocycles. The summed E-state index contributed by atoms with van der Waals surface area (Å²) in [5.41, 5.74) is -0.917. The third-order valence-corrected chi connectivity index (χ3v) is 4.03. The van der Waals surface area contributed by atoms with E-state index >= 15 is 0 Å². The number of carbonyl (C=O) groups excluding carboxylic acids is 1. The number of carbonyl (C=O) groups is 2. The Morgan fingerprint density at radius 2 is 1.71 bits per heavy atom. The topological polar surface area (TPSA) is 69.6 Å². The summed E-state index contributed by atoms with van der Waals surface area (Å²) in [7, 11) is 1.67. The largest absolute Gasteiger partial charge is 0.479 e. The zero-order valence-electron chi connectivity index (χ0n) is 13.3. The number of amides is 2. The summed E-state index contributed by atoms with van der Waals surface area (Å²) in [6, 6.07) is 8.32. The molecule has 0 aliphatic heterocycles. The van der Waals surface area contributed by atoms with Gasteiger partial charge in [0.15, 0.2) is 5.54 Å². The Kier molecular flexibility index (Phi) is 5.35. The summed E-state index contributed by atoms with van der Waals surface area (Å²) in [6.45, 7) is 7.46. The van der Waals surface area contributed by atoms with Gasteiger partial charge in [0, 0.05) is 13.1 Å². The second-order valence-corrected chi connectivity index (χ2v) is 5.82. The highest BCUT2D eigenvalue weighted by Gasteiger charge is 2.38. The molecule has 0 aromatic heterocycles. The van der Waals surface area contributed by atoms with Crippen LogP contribution in [0.2, 0.25) is 0 Å². The van der Waals surface area contributed by atoms with Gasteiger partial charge in [-0.05, 0) is 25.3 Å². The minimum atomic E-state index is -1.46. The van der Waals surface area contributed by atoms with Crippen LogP contribution in [0.3, 0.4) is 0 Å². The van der Waals surface area contributed by atoms with E-state index in [9.17, 15) is 14.7 Å². The maximum Gasteiger partial charge on any atom is 0.333 e. The zero-order chi connectivity index (χ0) is 16.2. The van der Waals surface area contributed by atoms with E-state index in [0.29, 0.717) is 5.56 Å². The average molecular weight is 292 g/mol. The summed E-state index contributed by atoms with van der Waals surface area (Å²) in [5, 5.41) is 12.2. The molecule has 21 heavy (non-hydrogen) atoms. The molecule has 116 valence electrons. The Labute approximate surface area is 126 Å². The van der Waals surface area contributed by atoms with Gasteiger partial charge in [0.05, 0.1) is 0 Å². The molecule has 0 radical (unpaired) electrons. The second kappa shape index (κ2) is 6.61. The first kappa shape index (κ1) is 17.0. The van der Waals surface area contributed by atoms with Crippen molar-refractivity contribution in [3.05, 3.63) is 35.9 Å². The van der Waals surface area contributed by atoms with Crippen molar-refractivity contribution in [3.63, 3.8) is 0 Å². The van der Waals surface area contributed by atoms with Gasteiger partial charge in [-0.25, -0.2) is 9.59 Å². The van der Waals surface area contributed by atoms with Crippen LogP contribution in [-0.2, 0) is 10.3 Å². The zero-order valence-corrected chi connectivity index (χ0v) is 13.3. The lowest BCUT2D eigenvalue weighted by Crippen LogP contribution is -2.55.